The lowest BCUT2D eigenvalue weighted by Crippen LogP contribution is -2.47. The normalized spacial score (nSPS) is 18.3. The first kappa shape index (κ1) is 25.1. The van der Waals surface area contributed by atoms with E-state index < -0.39 is 32.1 Å². The second kappa shape index (κ2) is 10.8. The van der Waals surface area contributed by atoms with Crippen LogP contribution in [0.2, 0.25) is 25.7 Å². The highest BCUT2D eigenvalue weighted by Gasteiger charge is 2.46. The van der Waals surface area contributed by atoms with Crippen molar-refractivity contribution in [1.29, 1.82) is 0 Å². The Morgan fingerprint density at radius 1 is 1.17 bits per heavy atom. The van der Waals surface area contributed by atoms with Gasteiger partial charge in [0, 0.05) is 8.07 Å². The first-order valence-electron chi connectivity index (χ1n) is 10.3. The van der Waals surface area contributed by atoms with Gasteiger partial charge in [-0.3, -0.25) is 4.79 Å². The number of nitrogens with zero attached hydrogens (tertiary/aromatic N) is 1. The van der Waals surface area contributed by atoms with Gasteiger partial charge in [0.25, 0.3) is 5.91 Å². The number of carbonyl (C=O) groups excluding carboxylic acids is 3. The summed E-state index contributed by atoms with van der Waals surface area (Å²) in [6, 6.07) is 0.751. The van der Waals surface area contributed by atoms with Crippen molar-refractivity contribution in [2.75, 3.05) is 13.7 Å². The minimum Gasteiger partial charge on any atom is -0.465 e. The Labute approximate surface area is 176 Å². The van der Waals surface area contributed by atoms with Crippen molar-refractivity contribution >= 4 is 26.0 Å². The molecule has 0 spiro atoms. The van der Waals surface area contributed by atoms with E-state index in [0.717, 1.165) is 24.2 Å². The van der Waals surface area contributed by atoms with Crippen molar-refractivity contribution in [2.45, 2.75) is 78.2 Å². The molecule has 1 atom stereocenters. The molecule has 1 fully saturated rings. The zero-order valence-electron chi connectivity index (χ0n) is 19.0. The molecule has 0 radical (unpaired) electrons. The van der Waals surface area contributed by atoms with Crippen LogP contribution in [0.4, 0.5) is 4.79 Å². The van der Waals surface area contributed by atoms with Crippen LogP contribution in [0.3, 0.4) is 0 Å². The molecule has 0 unspecified atom stereocenters. The second-order valence-electron chi connectivity index (χ2n) is 9.76. The molecule has 164 valence electrons. The van der Waals surface area contributed by atoms with Crippen LogP contribution in [-0.4, -0.2) is 50.7 Å². The van der Waals surface area contributed by atoms with Crippen LogP contribution in [0.15, 0.2) is 23.8 Å². The highest BCUT2D eigenvalue weighted by Crippen LogP contribution is 2.30. The fourth-order valence-electron chi connectivity index (χ4n) is 2.99. The van der Waals surface area contributed by atoms with Crippen molar-refractivity contribution in [3.05, 3.63) is 23.8 Å². The van der Waals surface area contributed by atoms with E-state index in [1.807, 2.05) is 20.8 Å². The third-order valence-electron chi connectivity index (χ3n) is 4.80. The number of methoxy groups -OCH3 is 1. The average molecular weight is 424 g/mol. The largest absolute Gasteiger partial charge is 0.465 e. The number of rotatable bonds is 9. The Kier molecular flexibility index (Phi) is 9.33. The van der Waals surface area contributed by atoms with Gasteiger partial charge < -0.3 is 9.47 Å². The predicted molar refractivity (Wildman–Crippen MR) is 117 cm³/mol. The van der Waals surface area contributed by atoms with Gasteiger partial charge in [0.15, 0.2) is 0 Å². The third-order valence-corrected chi connectivity index (χ3v) is 6.26. The third kappa shape index (κ3) is 8.16. The van der Waals surface area contributed by atoms with E-state index in [1.54, 1.807) is 6.08 Å². The summed E-state index contributed by atoms with van der Waals surface area (Å²) < 4.78 is 9.85. The molecular formula is C22H37NO5Si. The fraction of sp³-hybridized carbons (Fsp3) is 0.682. The van der Waals surface area contributed by atoms with Gasteiger partial charge in [-0.2, -0.15) is 0 Å². The van der Waals surface area contributed by atoms with Gasteiger partial charge >= 0.3 is 12.1 Å². The van der Waals surface area contributed by atoms with Crippen LogP contribution in [0.25, 0.3) is 0 Å². The molecule has 1 rings (SSSR count). The van der Waals surface area contributed by atoms with E-state index in [0.29, 0.717) is 6.42 Å². The Hall–Kier alpha value is -1.89. The van der Waals surface area contributed by atoms with Crippen molar-refractivity contribution in [2.24, 2.45) is 5.41 Å². The molecule has 1 aliphatic heterocycles. The van der Waals surface area contributed by atoms with Crippen LogP contribution >= 0.6 is 0 Å². The molecule has 1 aliphatic rings. The van der Waals surface area contributed by atoms with Crippen molar-refractivity contribution < 1.29 is 23.9 Å². The number of carbonyl (C=O) groups is 3. The fourth-order valence-corrected chi connectivity index (χ4v) is 3.86. The molecule has 0 aromatic rings. The van der Waals surface area contributed by atoms with E-state index in [-0.39, 0.29) is 17.6 Å². The van der Waals surface area contributed by atoms with E-state index in [1.165, 1.54) is 13.2 Å². The van der Waals surface area contributed by atoms with Gasteiger partial charge in [-0.15, -0.1) is 0 Å². The van der Waals surface area contributed by atoms with Crippen LogP contribution < -0.4 is 0 Å². The van der Waals surface area contributed by atoms with E-state index in [4.69, 9.17) is 9.47 Å². The number of cyclic esters (lactones) is 1. The standard InChI is InChI=1S/C22H37NO5Si/c1-22(2,3)18-16-28-21(26)23(18)19(24)17(20(25)27-4)14-12-10-8-9-11-13-15-29(5,6)7/h11,13-14,18H,8-10,12,15-16H2,1-7H3/b13-11+,17-14+/t18-/m1/s1. The molecular weight excluding hydrogens is 386 g/mol. The molecule has 0 aromatic heterocycles. The van der Waals surface area contributed by atoms with Crippen LogP contribution in [0.1, 0.15) is 46.5 Å². The molecule has 0 aromatic carbocycles. The number of hydrogen-bond acceptors (Lipinski definition) is 5. The summed E-state index contributed by atoms with van der Waals surface area (Å²) in [7, 11) is 0.190. The Morgan fingerprint density at radius 2 is 1.79 bits per heavy atom. The summed E-state index contributed by atoms with van der Waals surface area (Å²) in [4.78, 5) is 38.3. The van der Waals surface area contributed by atoms with Gasteiger partial charge in [-0.25, -0.2) is 14.5 Å². The second-order valence-corrected chi connectivity index (χ2v) is 15.3. The average Bonchev–Trinajstić information content (AvgIpc) is 3.00. The molecule has 0 aliphatic carbocycles. The molecule has 0 saturated carbocycles. The highest BCUT2D eigenvalue weighted by molar-refractivity contribution is 6.76. The van der Waals surface area contributed by atoms with Gasteiger partial charge in [0.05, 0.1) is 13.2 Å². The Balaban J connectivity index is 2.73. The summed E-state index contributed by atoms with van der Waals surface area (Å²) >= 11 is 0. The smallest absolute Gasteiger partial charge is 0.417 e. The lowest BCUT2D eigenvalue weighted by Gasteiger charge is -2.31. The van der Waals surface area contributed by atoms with Gasteiger partial charge in [-0.1, -0.05) is 58.6 Å². The summed E-state index contributed by atoms with van der Waals surface area (Å²) in [5.74, 6) is -1.37. The van der Waals surface area contributed by atoms with Crippen LogP contribution in [-0.2, 0) is 19.1 Å². The number of hydrogen-bond donors (Lipinski definition) is 0. The first-order valence-corrected chi connectivity index (χ1v) is 14.0. The molecule has 2 amide bonds. The van der Waals surface area contributed by atoms with Crippen LogP contribution in [0, 0.1) is 5.41 Å². The number of allylic oxidation sites excluding steroid dienone is 3. The van der Waals surface area contributed by atoms with Crippen LogP contribution in [0.5, 0.6) is 0 Å². The lowest BCUT2D eigenvalue weighted by atomic mass is 9.86. The zero-order chi connectivity index (χ0) is 22.2. The monoisotopic (exact) mass is 423 g/mol. The quantitative estimate of drug-likeness (QED) is 0.0999. The molecule has 29 heavy (non-hydrogen) atoms. The number of imide groups is 1. The number of esters is 1. The minimum atomic E-state index is -1.04. The predicted octanol–water partition coefficient (Wildman–Crippen LogP) is 4.93. The van der Waals surface area contributed by atoms with Crippen molar-refractivity contribution in [3.8, 4) is 0 Å². The maximum Gasteiger partial charge on any atom is 0.417 e. The maximum atomic E-state index is 13.0. The zero-order valence-corrected chi connectivity index (χ0v) is 20.0. The summed E-state index contributed by atoms with van der Waals surface area (Å²) in [6.45, 7) is 12.9. The lowest BCUT2D eigenvalue weighted by molar-refractivity contribution is -0.140. The molecule has 0 N–H and O–H groups in total. The number of unbranched alkanes of at least 4 members (excludes halogenated alkanes) is 3. The first-order chi connectivity index (χ1) is 13.4. The molecule has 0 bridgehead atoms. The number of ether oxygens (including phenoxy) is 2. The summed E-state index contributed by atoms with van der Waals surface area (Å²) in [5.41, 5.74) is -0.458. The summed E-state index contributed by atoms with van der Waals surface area (Å²) in [5, 5.41) is 0. The minimum absolute atomic E-state index is 0.102. The van der Waals surface area contributed by atoms with Gasteiger partial charge in [-0.05, 0) is 37.1 Å². The number of amides is 2. The van der Waals surface area contributed by atoms with Crippen molar-refractivity contribution in [1.82, 2.24) is 4.90 Å². The van der Waals surface area contributed by atoms with E-state index in [2.05, 4.69) is 31.8 Å². The molecule has 1 heterocycles. The van der Waals surface area contributed by atoms with Gasteiger partial charge in [0.2, 0.25) is 0 Å². The Bertz CT molecular complexity index is 655. The molecule has 7 heteroatoms. The SMILES string of the molecule is COC(=O)/C(=C/CCCC/C=C/C[Si](C)(C)C)C(=O)N1C(=O)OC[C@@H]1C(C)(C)C. The van der Waals surface area contributed by atoms with E-state index >= 15 is 0 Å². The maximum absolute atomic E-state index is 13.0. The van der Waals surface area contributed by atoms with Gasteiger partial charge in [0.1, 0.15) is 12.2 Å². The topological polar surface area (TPSA) is 72.9 Å². The highest BCUT2D eigenvalue weighted by atomic mass is 28.3. The van der Waals surface area contributed by atoms with Crippen molar-refractivity contribution in [3.63, 3.8) is 0 Å². The summed E-state index contributed by atoms with van der Waals surface area (Å²) in [6.07, 6.45) is 8.71. The van der Waals surface area contributed by atoms with E-state index in [9.17, 15) is 14.4 Å². The molecule has 1 saturated heterocycles. The molecule has 6 nitrogen and oxygen atoms in total. The Morgan fingerprint density at radius 3 is 2.34 bits per heavy atom.